The second kappa shape index (κ2) is 3.46. The van der Waals surface area contributed by atoms with Crippen LogP contribution in [0.2, 0.25) is 0 Å². The molecular weight excluding hydrogens is 152 g/mol. The third-order valence-electron chi connectivity index (χ3n) is 1.64. The number of hydrogen-bond acceptors (Lipinski definition) is 5. The molecule has 4 N–H and O–H groups in total. The Bertz CT molecular complexity index is 162. The quantitative estimate of drug-likeness (QED) is 0.344. The highest BCUT2D eigenvalue weighted by molar-refractivity contribution is 4.85. The Balaban J connectivity index is 2.71. The van der Waals surface area contributed by atoms with Gasteiger partial charge in [0.2, 0.25) is 0 Å². The van der Waals surface area contributed by atoms with Crippen molar-refractivity contribution in [2.24, 2.45) is 0 Å². The monoisotopic (exact) mass is 165 g/mol. The van der Waals surface area contributed by atoms with Crippen molar-refractivity contribution < 1.29 is 26.5 Å². The van der Waals surface area contributed by atoms with Crippen molar-refractivity contribution in [1.82, 2.24) is 0 Å². The second-order valence-electron chi connectivity index (χ2n) is 2.44. The van der Waals surface area contributed by atoms with Gasteiger partial charge in [-0.05, 0) is 0 Å². The molecule has 1 aliphatic rings. The smallest absolute Gasteiger partial charge is 0.111 e. The number of ether oxygens (including phenoxy) is 1. The van der Waals surface area contributed by atoms with Crippen LogP contribution in [0.1, 0.15) is 1.37 Å². The fraction of sp³-hybridized carbons (Fsp3) is 1.00. The van der Waals surface area contributed by atoms with Crippen LogP contribution in [0, 0.1) is 0 Å². The van der Waals surface area contributed by atoms with Gasteiger partial charge in [0.15, 0.2) is 0 Å². The summed E-state index contributed by atoms with van der Waals surface area (Å²) in [7, 11) is 0. The maximum absolute atomic E-state index is 9.19. The molecule has 0 aromatic rings. The van der Waals surface area contributed by atoms with Gasteiger partial charge in [-0.1, -0.05) is 0 Å². The van der Waals surface area contributed by atoms with Gasteiger partial charge in [-0.25, -0.2) is 0 Å². The first-order chi connectivity index (χ1) is 5.50. The fourth-order valence-corrected chi connectivity index (χ4v) is 0.931. The average molecular weight is 165 g/mol. The molecule has 1 rings (SSSR count). The molecule has 0 aromatic carbocycles. The Morgan fingerprint density at radius 1 is 1.45 bits per heavy atom. The van der Waals surface area contributed by atoms with E-state index in [1.165, 1.54) is 0 Å². The van der Waals surface area contributed by atoms with Crippen LogP contribution in [-0.2, 0) is 4.74 Å². The molecule has 0 unspecified atom stereocenters. The summed E-state index contributed by atoms with van der Waals surface area (Å²) >= 11 is 0. The standard InChI is InChI=1S/C6H12O5/c7-1-4-6(10)5(9)3(8)2-11-4/h3-10H,1-2H2/t3-,4+,5+,6+/m0/s1/i5D. The number of rotatable bonds is 1. The molecule has 0 saturated carbocycles. The lowest BCUT2D eigenvalue weighted by molar-refractivity contribution is -0.195. The van der Waals surface area contributed by atoms with Gasteiger partial charge in [0.25, 0.3) is 0 Å². The lowest BCUT2D eigenvalue weighted by atomic mass is 10.0. The van der Waals surface area contributed by atoms with Crippen LogP contribution in [0.5, 0.6) is 0 Å². The molecule has 0 amide bonds. The van der Waals surface area contributed by atoms with E-state index in [-0.39, 0.29) is 6.61 Å². The molecule has 4 atom stereocenters. The zero-order valence-electron chi connectivity index (χ0n) is 6.84. The molecule has 0 radical (unpaired) electrons. The molecule has 0 bridgehead atoms. The molecular formula is C6H12O5. The first kappa shape index (κ1) is 7.45. The van der Waals surface area contributed by atoms with Crippen molar-refractivity contribution in [2.45, 2.75) is 24.4 Å². The molecule has 66 valence electrons. The highest BCUT2D eigenvalue weighted by Crippen LogP contribution is 2.14. The van der Waals surface area contributed by atoms with E-state index in [9.17, 15) is 10.2 Å². The molecule has 1 saturated heterocycles. The third-order valence-corrected chi connectivity index (χ3v) is 1.64. The SMILES string of the molecule is [2H][C@]1(O)[C@H](O)[C@@H](CO)OC[C@@H]1O. The first-order valence-electron chi connectivity index (χ1n) is 3.81. The van der Waals surface area contributed by atoms with Crippen molar-refractivity contribution >= 4 is 0 Å². The minimum Gasteiger partial charge on any atom is -0.394 e. The van der Waals surface area contributed by atoms with Gasteiger partial charge in [-0.3, -0.25) is 0 Å². The molecule has 0 aromatic heterocycles. The van der Waals surface area contributed by atoms with Crippen LogP contribution in [-0.4, -0.2) is 58.0 Å². The zero-order chi connectivity index (χ0) is 9.35. The van der Waals surface area contributed by atoms with Crippen molar-refractivity contribution in [2.75, 3.05) is 13.2 Å². The minimum atomic E-state index is -2.36. The Morgan fingerprint density at radius 3 is 2.64 bits per heavy atom. The Morgan fingerprint density at radius 2 is 2.09 bits per heavy atom. The van der Waals surface area contributed by atoms with E-state index in [1.807, 2.05) is 0 Å². The maximum atomic E-state index is 9.19. The second-order valence-corrected chi connectivity index (χ2v) is 2.44. The highest BCUT2D eigenvalue weighted by Gasteiger charge is 2.36. The summed E-state index contributed by atoms with van der Waals surface area (Å²) in [5.74, 6) is 0. The van der Waals surface area contributed by atoms with Gasteiger partial charge >= 0.3 is 0 Å². The fourth-order valence-electron chi connectivity index (χ4n) is 0.931. The van der Waals surface area contributed by atoms with E-state index in [1.54, 1.807) is 0 Å². The van der Waals surface area contributed by atoms with E-state index in [0.29, 0.717) is 0 Å². The molecule has 0 spiro atoms. The van der Waals surface area contributed by atoms with Crippen LogP contribution >= 0.6 is 0 Å². The first-order valence-corrected chi connectivity index (χ1v) is 3.31. The van der Waals surface area contributed by atoms with Gasteiger partial charge in [0, 0.05) is 0 Å². The van der Waals surface area contributed by atoms with Crippen molar-refractivity contribution in [3.8, 4) is 0 Å². The zero-order valence-corrected chi connectivity index (χ0v) is 5.84. The van der Waals surface area contributed by atoms with Gasteiger partial charge in [-0.15, -0.1) is 0 Å². The van der Waals surface area contributed by atoms with Gasteiger partial charge in [0.05, 0.1) is 14.6 Å². The topological polar surface area (TPSA) is 90.2 Å². The summed E-state index contributed by atoms with van der Waals surface area (Å²) in [5, 5.41) is 36.0. The van der Waals surface area contributed by atoms with E-state index in [4.69, 9.17) is 16.3 Å². The highest BCUT2D eigenvalue weighted by atomic mass is 16.5. The molecule has 5 nitrogen and oxygen atoms in total. The number of hydrogen-bond donors (Lipinski definition) is 4. The molecule has 11 heavy (non-hydrogen) atoms. The predicted molar refractivity (Wildman–Crippen MR) is 34.8 cm³/mol. The van der Waals surface area contributed by atoms with E-state index >= 15 is 0 Å². The van der Waals surface area contributed by atoms with Gasteiger partial charge in [-0.2, -0.15) is 0 Å². The summed E-state index contributed by atoms with van der Waals surface area (Å²) in [6.07, 6.45) is -6.40. The third kappa shape index (κ3) is 1.69. The molecule has 1 heterocycles. The molecule has 0 aliphatic carbocycles. The van der Waals surface area contributed by atoms with Crippen molar-refractivity contribution in [1.29, 1.82) is 0 Å². The summed E-state index contributed by atoms with van der Waals surface area (Å²) in [5.41, 5.74) is 0. The van der Waals surface area contributed by atoms with Crippen molar-refractivity contribution in [3.63, 3.8) is 0 Å². The van der Waals surface area contributed by atoms with Crippen LogP contribution in [0.4, 0.5) is 0 Å². The van der Waals surface area contributed by atoms with E-state index < -0.39 is 31.0 Å². The number of aliphatic hydroxyl groups is 4. The largest absolute Gasteiger partial charge is 0.394 e. The van der Waals surface area contributed by atoms with Crippen LogP contribution < -0.4 is 0 Å². The van der Waals surface area contributed by atoms with Crippen molar-refractivity contribution in [3.05, 3.63) is 0 Å². The Hall–Kier alpha value is -0.200. The summed E-state index contributed by atoms with van der Waals surface area (Å²) in [6.45, 7) is -0.753. The number of aliphatic hydroxyl groups excluding tert-OH is 3. The lowest BCUT2D eigenvalue weighted by Crippen LogP contribution is -2.53. The molecule has 5 heteroatoms. The van der Waals surface area contributed by atoms with Gasteiger partial charge < -0.3 is 25.2 Å². The van der Waals surface area contributed by atoms with Gasteiger partial charge in [0.1, 0.15) is 24.4 Å². The normalized spacial score (nSPS) is 53.8. The maximum Gasteiger partial charge on any atom is 0.111 e. The van der Waals surface area contributed by atoms with E-state index in [0.717, 1.165) is 0 Å². The minimum absolute atomic E-state index is 0.262. The predicted octanol–water partition coefficient (Wildman–Crippen LogP) is -2.54. The molecule has 1 aliphatic heterocycles. The summed E-state index contributed by atoms with van der Waals surface area (Å²) in [6, 6.07) is 0. The van der Waals surface area contributed by atoms with Crippen LogP contribution in [0.3, 0.4) is 0 Å². The van der Waals surface area contributed by atoms with E-state index in [2.05, 4.69) is 0 Å². The van der Waals surface area contributed by atoms with Crippen LogP contribution in [0.25, 0.3) is 0 Å². The Labute approximate surface area is 65.3 Å². The molecule has 1 fully saturated rings. The summed E-state index contributed by atoms with van der Waals surface area (Å²) in [4.78, 5) is 0. The summed E-state index contributed by atoms with van der Waals surface area (Å²) < 4.78 is 11.9. The Kier molecular flexibility index (Phi) is 2.35. The van der Waals surface area contributed by atoms with Crippen LogP contribution in [0.15, 0.2) is 0 Å². The lowest BCUT2D eigenvalue weighted by Gasteiger charge is -2.34. The average Bonchev–Trinajstić information content (AvgIpc) is 2.02.